The van der Waals surface area contributed by atoms with Crippen molar-refractivity contribution in [1.29, 1.82) is 0 Å². The number of nitrogens with one attached hydrogen (secondary N) is 4. The van der Waals surface area contributed by atoms with Crippen molar-refractivity contribution in [3.8, 4) is 102 Å². The molecule has 2 fully saturated rings. The van der Waals surface area contributed by atoms with E-state index in [4.69, 9.17) is 29.9 Å². The van der Waals surface area contributed by atoms with Gasteiger partial charge in [-0.2, -0.15) is 0 Å². The van der Waals surface area contributed by atoms with Crippen LogP contribution in [0.25, 0.3) is 138 Å². The second-order valence-electron chi connectivity index (χ2n) is 28.3. The fourth-order valence-corrected chi connectivity index (χ4v) is 26.2. The Morgan fingerprint density at radius 3 is 1.18 bits per heavy atom. The Kier molecular flexibility index (Phi) is 20.2. The van der Waals surface area contributed by atoms with E-state index < -0.39 is 0 Å². The molecule has 21 heterocycles. The monoisotopic (exact) mass is 1670 g/mol. The Hall–Kier alpha value is -9.82. The third-order valence-electron chi connectivity index (χ3n) is 21.7. The number of aryl methyl sites for hydroxylation is 4. The average molecular weight is 1680 g/mol. The van der Waals surface area contributed by atoms with E-state index in [1.54, 1.807) is 34.0 Å². The van der Waals surface area contributed by atoms with Crippen LogP contribution in [-0.4, -0.2) is 95.5 Å². The molecule has 13 aromatic heterocycles. The van der Waals surface area contributed by atoms with Crippen molar-refractivity contribution >= 4 is 149 Å². The first kappa shape index (κ1) is 76.5. The predicted octanol–water partition coefficient (Wildman–Crippen LogP) is 17.6. The number of aliphatic imine (C=N–C) groups is 2. The van der Waals surface area contributed by atoms with Crippen LogP contribution in [0.15, 0.2) is 202 Å². The molecule has 8 aliphatic rings. The number of nitrogens with zero attached hydrogens (tertiary/aromatic N) is 14. The second kappa shape index (κ2) is 30.3. The summed E-state index contributed by atoms with van der Waals surface area (Å²) in [4.78, 5) is 84.0. The van der Waals surface area contributed by atoms with Gasteiger partial charge in [-0.3, -0.25) is 91.1 Å². The number of thiophene rings is 9. The minimum atomic E-state index is 0. The molecule has 27 heteroatoms. The van der Waals surface area contributed by atoms with E-state index in [2.05, 4.69) is 190 Å². The van der Waals surface area contributed by atoms with Crippen LogP contribution in [0.4, 0.5) is 0 Å². The van der Waals surface area contributed by atoms with Crippen molar-refractivity contribution in [2.24, 2.45) is 49.9 Å². The summed E-state index contributed by atoms with van der Waals surface area (Å²) in [6.07, 6.45) is 11.8. The molecular formula is C88H78N18S9. The molecule has 115 heavy (non-hydrogen) atoms. The Morgan fingerprint density at radius 1 is 0.304 bits per heavy atom. The van der Waals surface area contributed by atoms with Gasteiger partial charge in [0.2, 0.25) is 0 Å². The highest BCUT2D eigenvalue weighted by Gasteiger charge is 2.37. The molecule has 574 valence electrons. The van der Waals surface area contributed by atoms with Crippen LogP contribution in [-0.2, 0) is 0 Å². The number of hydrogen-bond acceptors (Lipinski definition) is 27. The molecule has 0 spiro atoms. The van der Waals surface area contributed by atoms with Gasteiger partial charge < -0.3 is 0 Å². The molecule has 4 N–H and O–H groups in total. The molecule has 2 aromatic carbocycles. The Bertz CT molecular complexity index is 6770. The van der Waals surface area contributed by atoms with E-state index in [-0.39, 0.29) is 47.8 Å². The maximum absolute atomic E-state index is 4.95. The summed E-state index contributed by atoms with van der Waals surface area (Å²) >= 11 is 16.6. The summed E-state index contributed by atoms with van der Waals surface area (Å²) in [5.74, 6) is 0. The van der Waals surface area contributed by atoms with Gasteiger partial charge in [-0.05, 0) is 179 Å². The lowest BCUT2D eigenvalue weighted by Crippen LogP contribution is -2.43. The molecule has 0 aliphatic carbocycles. The molecule has 0 saturated carbocycles. The summed E-state index contributed by atoms with van der Waals surface area (Å²) in [6, 6.07) is 42.0. The van der Waals surface area contributed by atoms with E-state index in [9.17, 15) is 0 Å². The minimum absolute atomic E-state index is 0. The molecule has 18 nitrogen and oxygen atoms in total. The lowest BCUT2D eigenvalue weighted by atomic mass is 9.95. The number of pyridine rings is 4. The van der Waals surface area contributed by atoms with Gasteiger partial charge in [0.25, 0.3) is 0 Å². The van der Waals surface area contributed by atoms with Crippen molar-refractivity contribution in [2.45, 2.75) is 95.4 Å². The van der Waals surface area contributed by atoms with Crippen molar-refractivity contribution in [1.82, 2.24) is 41.2 Å². The van der Waals surface area contributed by atoms with Crippen LogP contribution in [0, 0.1) is 27.7 Å². The maximum Gasteiger partial charge on any atom is 0.131 e. The van der Waals surface area contributed by atoms with Crippen LogP contribution in [0.3, 0.4) is 0 Å². The summed E-state index contributed by atoms with van der Waals surface area (Å²) in [5.41, 5.74) is 16.1. The lowest BCUT2D eigenvalue weighted by molar-refractivity contribution is 0.663. The topological polar surface area (TPSA) is 223 Å². The number of rotatable bonds is 12. The van der Waals surface area contributed by atoms with E-state index in [0.29, 0.717) is 32.7 Å². The van der Waals surface area contributed by atoms with Crippen molar-refractivity contribution in [3.63, 3.8) is 0 Å². The third kappa shape index (κ3) is 12.9. The zero-order valence-electron chi connectivity index (χ0n) is 60.3. The molecule has 0 amide bonds. The summed E-state index contributed by atoms with van der Waals surface area (Å²) in [6.45, 7) is 15.8. The highest BCUT2D eigenvalue weighted by atomic mass is 32.1. The van der Waals surface area contributed by atoms with Crippen LogP contribution in [0.5, 0.6) is 0 Å². The third-order valence-corrected chi connectivity index (χ3v) is 32.6. The fourth-order valence-electron chi connectivity index (χ4n) is 16.1. The van der Waals surface area contributed by atoms with Crippen molar-refractivity contribution in [2.75, 3.05) is 40.0 Å². The van der Waals surface area contributed by atoms with Crippen LogP contribution >= 0.6 is 102 Å². The fraction of sp³-hybridized carbons (Fsp3) is 0.227. The number of fused-ring (bicyclic) bond motifs is 12. The summed E-state index contributed by atoms with van der Waals surface area (Å²) in [5, 5.41) is 25.9. The van der Waals surface area contributed by atoms with Crippen LogP contribution in [0.1, 0.15) is 76.0 Å². The van der Waals surface area contributed by atoms with E-state index in [1.165, 1.54) is 95.1 Å². The molecule has 8 aliphatic heterocycles. The minimum Gasteiger partial charge on any atom is -0.296 e. The second-order valence-corrected chi connectivity index (χ2v) is 38.0. The highest BCUT2D eigenvalue weighted by molar-refractivity contribution is 7.33. The highest BCUT2D eigenvalue weighted by Crippen LogP contribution is 2.53. The van der Waals surface area contributed by atoms with E-state index >= 15 is 0 Å². The van der Waals surface area contributed by atoms with Gasteiger partial charge in [0.1, 0.15) is 53.8 Å². The average Bonchev–Trinajstić information content (AvgIpc) is 1.56. The first-order valence-corrected chi connectivity index (χ1v) is 43.8. The number of benzene rings is 2. The first-order valence-electron chi connectivity index (χ1n) is 36.4. The molecule has 23 rings (SSSR count). The van der Waals surface area contributed by atoms with Gasteiger partial charge in [0.05, 0.1) is 78.1 Å². The van der Waals surface area contributed by atoms with E-state index in [1.807, 2.05) is 127 Å². The summed E-state index contributed by atoms with van der Waals surface area (Å²) < 4.78 is 4.06. The zero-order chi connectivity index (χ0) is 74.0. The smallest absolute Gasteiger partial charge is 0.131 e. The predicted molar refractivity (Wildman–Crippen MR) is 485 cm³/mol. The van der Waals surface area contributed by atoms with Gasteiger partial charge in [0.15, 0.2) is 0 Å². The standard InChI is InChI=1S/C45H35N9S6.C39H27N9S3.4CH4/c1-19-13-48-41(42-36(19)49-16-54-42)32-9-8-31(57-32)35-12-24-44-22(10-33(59-44)29-6-4-27(55-29)25-14-46-20(2)37-39(25)52-17-50-37)43-23(45(24)60-35)11-34(58-43)30-7-5-28(56-30)26-15-47-21(3)38-40(26)53-18-51-38;1-19-13-42-38(39-33(19)43-16-48-39)32-9-6-29(51-32)24-11-22(27-4-7-30(49-27)25-14-40-20(2)34-36(25)46-17-44-34)10-23(12-24)28-5-8-31(50-28)26-15-41-21(3)35-37(26)47-18-45-35;;;;/h4-15,36-37,39,42,49-50,52,54H,16-18H2,1-3H3;4-15H,16-18H2,1-3H3;4*1H4. The quantitative estimate of drug-likeness (QED) is 0.0918. The molecule has 15 aromatic rings. The SMILES string of the molecule is C.C.C.C.CC1=CN=C(c2ccc(-c3cc4c5sc(-c6ccc(C7=CN=C(C)C8NCNC78)s6)cc5c5sc(-c6ccc(-c7cnc(C)c8c7=NCN=8)s6)cc5c4s3)s2)C2NCNC12.Cc1cnc(-c2ccc(-c3cc(-c4ccc(-c5cnc(C)c6c5=NCN=6)s4)cc(-c4ccc(-c5cnc(C)c6c5=NCN=6)s4)c3)s2)c2c1=NCN=2. The first-order chi connectivity index (χ1) is 54.4. The molecule has 2 saturated heterocycles. The number of hydrogen-bond donors (Lipinski definition) is 4. The van der Waals surface area contributed by atoms with Crippen molar-refractivity contribution < 1.29 is 0 Å². The molecule has 4 atom stereocenters. The molecule has 4 unspecified atom stereocenters. The van der Waals surface area contributed by atoms with Gasteiger partial charge in [-0.15, -0.1) is 102 Å². The summed E-state index contributed by atoms with van der Waals surface area (Å²) in [7, 11) is 0. The normalized spacial score (nSPS) is 17.6. The molecular weight excluding hydrogens is 1600 g/mol. The zero-order valence-corrected chi connectivity index (χ0v) is 67.7. The van der Waals surface area contributed by atoms with Gasteiger partial charge in [-0.25, -0.2) is 0 Å². The Labute approximate surface area is 699 Å². The molecule has 0 bridgehead atoms. The maximum atomic E-state index is 4.95. The van der Waals surface area contributed by atoms with Crippen LogP contribution < -0.4 is 64.1 Å². The van der Waals surface area contributed by atoms with Crippen molar-refractivity contribution in [3.05, 3.63) is 227 Å². The number of aromatic nitrogens is 4. The van der Waals surface area contributed by atoms with E-state index in [0.717, 1.165) is 149 Å². The van der Waals surface area contributed by atoms with Gasteiger partial charge in [-0.1, -0.05) is 29.7 Å². The molecule has 0 radical (unpaired) electrons. The lowest BCUT2D eigenvalue weighted by Gasteiger charge is -2.24. The Balaban J connectivity index is 0.000000156. The van der Waals surface area contributed by atoms with Crippen LogP contribution in [0.2, 0.25) is 0 Å². The van der Waals surface area contributed by atoms with Gasteiger partial charge >= 0.3 is 0 Å². The largest absolute Gasteiger partial charge is 0.296 e. The van der Waals surface area contributed by atoms with Gasteiger partial charge in [0, 0.05) is 172 Å². The Morgan fingerprint density at radius 2 is 0.678 bits per heavy atom.